The van der Waals surface area contributed by atoms with Gasteiger partial charge in [-0.15, -0.1) is 11.3 Å². The fraction of sp³-hybridized carbons (Fsp3) is 0.636. The predicted molar refractivity (Wildman–Crippen MR) is 227 cm³/mol. The number of aromatic nitrogens is 2. The van der Waals surface area contributed by atoms with E-state index in [-0.39, 0.29) is 47.8 Å². The lowest BCUT2D eigenvalue weighted by molar-refractivity contribution is -0.149. The van der Waals surface area contributed by atoms with Crippen molar-refractivity contribution in [3.05, 3.63) is 52.1 Å². The zero-order valence-electron chi connectivity index (χ0n) is 36.2. The van der Waals surface area contributed by atoms with Gasteiger partial charge in [-0.25, -0.2) is 4.98 Å². The molecular weight excluding hydrogens is 757 g/mol. The van der Waals surface area contributed by atoms with Gasteiger partial charge in [0, 0.05) is 62.0 Å². The third kappa shape index (κ3) is 11.9. The van der Waals surface area contributed by atoms with Crippen LogP contribution in [0.2, 0.25) is 0 Å². The van der Waals surface area contributed by atoms with Crippen LogP contribution in [0.4, 0.5) is 0 Å². The molecule has 2 N–H and O–H groups in total. The summed E-state index contributed by atoms with van der Waals surface area (Å²) < 4.78 is 12.9. The third-order valence-corrected chi connectivity index (χ3v) is 12.6. The first kappa shape index (κ1) is 46.4. The number of hydrogen-bond donors (Lipinski definition) is 2. The second-order valence-corrected chi connectivity index (χ2v) is 17.3. The molecule has 0 bridgehead atoms. The molecule has 0 aliphatic carbocycles. The number of aryl methyl sites for hydroxylation is 1. The molecular formula is C44H66N6O7S. The number of carbonyl (C=O) groups excluding carboxylic acids is 5. The van der Waals surface area contributed by atoms with Crippen molar-refractivity contribution in [1.82, 2.24) is 30.0 Å². The molecule has 13 nitrogen and oxygen atoms in total. The van der Waals surface area contributed by atoms with E-state index in [1.54, 1.807) is 24.3 Å². The molecule has 3 heterocycles. The zero-order chi connectivity index (χ0) is 42.7. The van der Waals surface area contributed by atoms with Crippen molar-refractivity contribution >= 4 is 51.9 Å². The highest BCUT2D eigenvalue weighted by Gasteiger charge is 2.38. The van der Waals surface area contributed by atoms with E-state index in [0.29, 0.717) is 24.3 Å². The summed E-state index contributed by atoms with van der Waals surface area (Å²) in [6.07, 6.45) is 6.74. The standard InChI is InChI=1S/C44H66N6O7S/c1-11-20-50-21-16-15-19-36(50)41(53)47-39(28(5)12-2)43(54)49(9)37(27(3)4)24-38(57-30(7)51)42-46-34(26-58-42)40(52)45-32(22-29(6)44(55)56-10)23-31-25-48(8)35-18-14-13-17-33(31)35/h13-14,17-18,25-29,32,36-39H,11-12,15-16,19-24H2,1-10H3,(H,45,52)(H,47,53)/t28-,29-,32+,36+,37+,38+,39-/m0/s1. The summed E-state index contributed by atoms with van der Waals surface area (Å²) in [5.74, 6) is -2.21. The normalized spacial score (nSPS) is 17.8. The summed E-state index contributed by atoms with van der Waals surface area (Å²) >= 11 is 1.21. The van der Waals surface area contributed by atoms with Crippen molar-refractivity contribution in [1.29, 1.82) is 0 Å². The van der Waals surface area contributed by atoms with E-state index in [1.807, 2.05) is 69.8 Å². The van der Waals surface area contributed by atoms with Crippen molar-refractivity contribution in [2.24, 2.45) is 24.8 Å². The number of ether oxygens (including phenoxy) is 2. The molecule has 0 unspecified atom stereocenters. The van der Waals surface area contributed by atoms with Crippen LogP contribution in [0.3, 0.4) is 0 Å². The molecule has 1 fully saturated rings. The van der Waals surface area contributed by atoms with Gasteiger partial charge in [-0.3, -0.25) is 28.9 Å². The lowest BCUT2D eigenvalue weighted by Crippen LogP contribution is -2.58. The van der Waals surface area contributed by atoms with Crippen LogP contribution in [-0.2, 0) is 42.1 Å². The highest BCUT2D eigenvalue weighted by molar-refractivity contribution is 7.09. The third-order valence-electron chi connectivity index (χ3n) is 11.6. The average Bonchev–Trinajstić information content (AvgIpc) is 3.82. The molecule has 0 spiro atoms. The molecule has 14 heteroatoms. The summed E-state index contributed by atoms with van der Waals surface area (Å²) in [4.78, 5) is 75.6. The lowest BCUT2D eigenvalue weighted by Gasteiger charge is -2.39. The van der Waals surface area contributed by atoms with Gasteiger partial charge in [-0.1, -0.05) is 72.6 Å². The number of methoxy groups -OCH3 is 1. The van der Waals surface area contributed by atoms with Gasteiger partial charge in [-0.2, -0.15) is 0 Å². The molecule has 4 rings (SSSR count). The zero-order valence-corrected chi connectivity index (χ0v) is 37.0. The molecule has 1 saturated heterocycles. The largest absolute Gasteiger partial charge is 0.469 e. The first-order chi connectivity index (χ1) is 27.6. The number of piperidine rings is 1. The van der Waals surface area contributed by atoms with E-state index in [4.69, 9.17) is 9.47 Å². The summed E-state index contributed by atoms with van der Waals surface area (Å²) in [5.41, 5.74) is 2.26. The molecule has 0 radical (unpaired) electrons. The molecule has 1 aliphatic heterocycles. The Balaban J connectivity index is 1.54. The van der Waals surface area contributed by atoms with Gasteiger partial charge < -0.3 is 29.6 Å². The summed E-state index contributed by atoms with van der Waals surface area (Å²) in [5, 5.41) is 9.41. The molecule has 1 aliphatic rings. The van der Waals surface area contributed by atoms with Crippen molar-refractivity contribution in [3.63, 3.8) is 0 Å². The van der Waals surface area contributed by atoms with Gasteiger partial charge in [0.2, 0.25) is 11.8 Å². The van der Waals surface area contributed by atoms with Crippen LogP contribution in [0.25, 0.3) is 10.9 Å². The number of rotatable bonds is 20. The van der Waals surface area contributed by atoms with Gasteiger partial charge in [-0.05, 0) is 68.7 Å². The fourth-order valence-electron chi connectivity index (χ4n) is 8.22. The monoisotopic (exact) mass is 822 g/mol. The first-order valence-corrected chi connectivity index (χ1v) is 21.8. The highest BCUT2D eigenvalue weighted by Crippen LogP contribution is 2.32. The minimum Gasteiger partial charge on any atom is -0.469 e. The number of amides is 3. The van der Waals surface area contributed by atoms with Crippen molar-refractivity contribution in [3.8, 4) is 0 Å². The Kier molecular flexibility index (Phi) is 17.3. The molecule has 2 aromatic heterocycles. The minimum absolute atomic E-state index is 0.0481. The number of thiazole rings is 1. The molecule has 3 aromatic rings. The predicted octanol–water partition coefficient (Wildman–Crippen LogP) is 6.45. The van der Waals surface area contributed by atoms with Crippen LogP contribution in [0.15, 0.2) is 35.8 Å². The highest BCUT2D eigenvalue weighted by atomic mass is 32.1. The number of para-hydroxylation sites is 1. The number of carbonyl (C=O) groups is 5. The fourth-order valence-corrected chi connectivity index (χ4v) is 9.06. The molecule has 58 heavy (non-hydrogen) atoms. The summed E-state index contributed by atoms with van der Waals surface area (Å²) in [7, 11) is 5.08. The maximum atomic E-state index is 14.4. The second-order valence-electron chi connectivity index (χ2n) is 16.4. The van der Waals surface area contributed by atoms with Crippen LogP contribution in [0.5, 0.6) is 0 Å². The van der Waals surface area contributed by atoms with E-state index in [1.165, 1.54) is 25.4 Å². The van der Waals surface area contributed by atoms with Crippen LogP contribution in [0.1, 0.15) is 121 Å². The van der Waals surface area contributed by atoms with E-state index >= 15 is 0 Å². The van der Waals surface area contributed by atoms with Gasteiger partial charge in [0.1, 0.15) is 16.7 Å². The quantitative estimate of drug-likeness (QED) is 0.123. The number of fused-ring (bicyclic) bond motifs is 1. The maximum absolute atomic E-state index is 14.4. The molecule has 320 valence electrons. The SMILES string of the molecule is CCCN1CCCC[C@@H]1C(=O)N[C@H](C(=O)N(C)[C@H](C[C@@H](OC(C)=O)c1nc(C(=O)N[C@@H](Cc2cn(C)c3ccccc23)C[C@H](C)C(=O)OC)cs1)C(C)C)[C@@H](C)CC. The Morgan fingerprint density at radius 3 is 2.41 bits per heavy atom. The van der Waals surface area contributed by atoms with Crippen LogP contribution in [-0.4, -0.2) is 100 Å². The van der Waals surface area contributed by atoms with Gasteiger partial charge in [0.25, 0.3) is 5.91 Å². The molecule has 7 atom stereocenters. The van der Waals surface area contributed by atoms with Crippen LogP contribution >= 0.6 is 11.3 Å². The Labute approximate surface area is 348 Å². The smallest absolute Gasteiger partial charge is 0.308 e. The Morgan fingerprint density at radius 2 is 1.76 bits per heavy atom. The maximum Gasteiger partial charge on any atom is 0.308 e. The topological polar surface area (TPSA) is 152 Å². The lowest BCUT2D eigenvalue weighted by atomic mass is 9.92. The van der Waals surface area contributed by atoms with E-state index in [9.17, 15) is 24.0 Å². The van der Waals surface area contributed by atoms with Gasteiger partial charge in [0.05, 0.1) is 19.1 Å². The summed E-state index contributed by atoms with van der Waals surface area (Å²) in [6.45, 7) is 14.9. The number of hydrogen-bond acceptors (Lipinski definition) is 10. The van der Waals surface area contributed by atoms with Crippen molar-refractivity contribution < 1.29 is 33.4 Å². The number of esters is 2. The number of likely N-dealkylation sites (N-methyl/N-ethyl adjacent to an activating group) is 1. The van der Waals surface area contributed by atoms with Gasteiger partial charge in [0.15, 0.2) is 6.10 Å². The van der Waals surface area contributed by atoms with E-state index < -0.39 is 42.0 Å². The Hall–Kier alpha value is -4.30. The average molecular weight is 823 g/mol. The van der Waals surface area contributed by atoms with E-state index in [2.05, 4.69) is 27.4 Å². The van der Waals surface area contributed by atoms with Gasteiger partial charge >= 0.3 is 11.9 Å². The molecule has 1 aromatic carbocycles. The number of benzene rings is 1. The van der Waals surface area contributed by atoms with E-state index in [0.717, 1.165) is 55.2 Å². The molecule has 0 saturated carbocycles. The van der Waals surface area contributed by atoms with Crippen LogP contribution < -0.4 is 10.6 Å². The molecule has 3 amide bonds. The first-order valence-electron chi connectivity index (χ1n) is 20.9. The summed E-state index contributed by atoms with van der Waals surface area (Å²) in [6, 6.07) is 6.26. The number of nitrogens with zero attached hydrogens (tertiary/aromatic N) is 4. The Bertz CT molecular complexity index is 1860. The van der Waals surface area contributed by atoms with Crippen LogP contribution in [0, 0.1) is 17.8 Å². The van der Waals surface area contributed by atoms with Crippen molar-refractivity contribution in [2.75, 3.05) is 27.2 Å². The minimum atomic E-state index is -0.834. The number of nitrogens with one attached hydrogen (secondary N) is 2. The second kappa shape index (κ2) is 21.6. The number of likely N-dealkylation sites (tertiary alicyclic amines) is 1. The van der Waals surface area contributed by atoms with Crippen molar-refractivity contribution in [2.45, 2.75) is 130 Å². The Morgan fingerprint density at radius 1 is 1.03 bits per heavy atom.